The summed E-state index contributed by atoms with van der Waals surface area (Å²) >= 11 is 2.29. The maximum Gasteiger partial charge on any atom is 0.435 e. The van der Waals surface area contributed by atoms with Crippen LogP contribution in [-0.2, 0) is 16.6 Å². The third-order valence-electron chi connectivity index (χ3n) is 5.95. The molecule has 3 aromatic carbocycles. The normalized spacial score (nSPS) is 12.5. The minimum Gasteiger partial charge on any atom is -0.319 e. The van der Waals surface area contributed by atoms with Crippen molar-refractivity contribution in [3.8, 4) is 0 Å². The van der Waals surface area contributed by atoms with Gasteiger partial charge in [-0.15, -0.1) is 0 Å². The Kier molecular flexibility index (Phi) is 9.53. The first-order chi connectivity index (χ1) is 20.6. The zero-order valence-electron chi connectivity index (χ0n) is 21.6. The van der Waals surface area contributed by atoms with Crippen molar-refractivity contribution in [1.82, 2.24) is 0 Å². The van der Waals surface area contributed by atoms with Crippen LogP contribution in [-0.4, -0.2) is 30.1 Å². The smallest absolute Gasteiger partial charge is 0.319 e. The van der Waals surface area contributed by atoms with Gasteiger partial charge in [-0.3, -0.25) is 14.4 Å². The summed E-state index contributed by atoms with van der Waals surface area (Å²) in [4.78, 5) is 38.0. The number of nitrogens with zero attached hydrogens (tertiary/aromatic N) is 1. The first-order valence-corrected chi connectivity index (χ1v) is 12.4. The molecule has 0 aliphatic heterocycles. The van der Waals surface area contributed by atoms with Crippen LogP contribution in [0, 0.1) is 11.6 Å². The molecule has 5 nitrogen and oxygen atoms in total. The standard InChI is InChI=1S/C27H13BrF12N2O3/c1-2-19(43)42(23(45)15-4-3-5-18(20(15)30)41-22(44)12-6-8-14(29)9-7-12)21-16(25(32,33)34)10-13(11-17(21)28)24(31,26(35,36)37)27(38,39)40/h2-11H,1H2,(H,41,44). The SMILES string of the molecule is C=CC(=O)N(C(=O)c1cccc(NC(=O)c2ccc(F)cc2)c1F)c1c(Br)cc(C(F)(C(F)(F)F)C(F)(F)F)cc1C(F)(F)F. The number of anilines is 2. The van der Waals surface area contributed by atoms with Crippen LogP contribution >= 0.6 is 15.9 Å². The lowest BCUT2D eigenvalue weighted by Gasteiger charge is -2.32. The lowest BCUT2D eigenvalue weighted by molar-refractivity contribution is -0.348. The van der Waals surface area contributed by atoms with Gasteiger partial charge in [0, 0.05) is 15.6 Å². The average molecular weight is 721 g/mol. The highest BCUT2D eigenvalue weighted by Crippen LogP contribution is 2.55. The number of carbonyl (C=O) groups is 3. The lowest BCUT2D eigenvalue weighted by atomic mass is 9.91. The fourth-order valence-electron chi connectivity index (χ4n) is 3.84. The number of carbonyl (C=O) groups excluding carboxylic acids is 3. The van der Waals surface area contributed by atoms with E-state index in [9.17, 15) is 62.7 Å². The molecular weight excluding hydrogens is 708 g/mol. The molecular formula is C27H13BrF12N2O3. The molecule has 3 amide bonds. The highest BCUT2D eigenvalue weighted by atomic mass is 79.9. The van der Waals surface area contributed by atoms with Crippen LogP contribution in [0.5, 0.6) is 0 Å². The predicted molar refractivity (Wildman–Crippen MR) is 137 cm³/mol. The van der Waals surface area contributed by atoms with Gasteiger partial charge in [-0.2, -0.15) is 39.5 Å². The minimum absolute atomic E-state index is 0.210. The van der Waals surface area contributed by atoms with Gasteiger partial charge in [0.2, 0.25) is 0 Å². The van der Waals surface area contributed by atoms with Crippen molar-refractivity contribution in [2.45, 2.75) is 24.2 Å². The van der Waals surface area contributed by atoms with Crippen LogP contribution in [0.1, 0.15) is 31.8 Å². The van der Waals surface area contributed by atoms with Gasteiger partial charge in [0.05, 0.1) is 22.5 Å². The Bertz CT molecular complexity index is 1650. The molecule has 0 saturated heterocycles. The summed E-state index contributed by atoms with van der Waals surface area (Å²) in [6.45, 7) is 2.97. The first-order valence-electron chi connectivity index (χ1n) is 11.7. The summed E-state index contributed by atoms with van der Waals surface area (Å²) < 4.78 is 164. The number of alkyl halides is 10. The quantitative estimate of drug-likeness (QED) is 0.205. The summed E-state index contributed by atoms with van der Waals surface area (Å²) in [5.74, 6) is -7.19. The molecule has 0 spiro atoms. The Labute approximate surface area is 252 Å². The number of benzene rings is 3. The number of nitrogens with one attached hydrogen (secondary N) is 1. The molecule has 1 N–H and O–H groups in total. The van der Waals surface area contributed by atoms with Crippen molar-refractivity contribution in [2.24, 2.45) is 0 Å². The van der Waals surface area contributed by atoms with Gasteiger partial charge in [0.15, 0.2) is 5.82 Å². The van der Waals surface area contributed by atoms with Crippen molar-refractivity contribution < 1.29 is 67.1 Å². The van der Waals surface area contributed by atoms with Gasteiger partial charge in [-0.25, -0.2) is 18.1 Å². The van der Waals surface area contributed by atoms with Crippen LogP contribution in [0.4, 0.5) is 64.1 Å². The fourth-order valence-corrected chi connectivity index (χ4v) is 4.48. The van der Waals surface area contributed by atoms with Gasteiger partial charge in [-0.05, 0) is 70.5 Å². The molecule has 18 heteroatoms. The maximum atomic E-state index is 15.4. The van der Waals surface area contributed by atoms with Crippen LogP contribution in [0.15, 0.2) is 71.7 Å². The van der Waals surface area contributed by atoms with E-state index in [-0.39, 0.29) is 17.7 Å². The summed E-state index contributed by atoms with van der Waals surface area (Å²) in [6, 6.07) is 4.84. The first kappa shape index (κ1) is 35.1. The van der Waals surface area contributed by atoms with E-state index < -0.39 is 97.1 Å². The van der Waals surface area contributed by atoms with E-state index in [1.54, 1.807) is 0 Å². The molecule has 3 rings (SSSR count). The minimum atomic E-state index is -6.83. The Balaban J connectivity index is 2.24. The van der Waals surface area contributed by atoms with Gasteiger partial charge in [0.1, 0.15) is 5.82 Å². The Morgan fingerprint density at radius 2 is 1.38 bits per heavy atom. The zero-order valence-corrected chi connectivity index (χ0v) is 23.2. The number of hydrogen-bond donors (Lipinski definition) is 1. The van der Waals surface area contributed by atoms with Gasteiger partial charge in [0.25, 0.3) is 17.7 Å². The van der Waals surface area contributed by atoms with E-state index >= 15 is 4.39 Å². The molecule has 0 aromatic heterocycles. The van der Waals surface area contributed by atoms with E-state index in [1.165, 1.54) is 0 Å². The van der Waals surface area contributed by atoms with Crippen LogP contribution in [0.25, 0.3) is 0 Å². The molecule has 0 bridgehead atoms. The van der Waals surface area contributed by atoms with E-state index in [1.807, 2.05) is 5.32 Å². The number of imide groups is 1. The van der Waals surface area contributed by atoms with Crippen LogP contribution in [0.2, 0.25) is 0 Å². The number of rotatable bonds is 6. The summed E-state index contributed by atoms with van der Waals surface area (Å²) in [6.07, 6.45) is -19.4. The Hall–Kier alpha value is -4.35. The molecule has 0 atom stereocenters. The van der Waals surface area contributed by atoms with E-state index in [4.69, 9.17) is 0 Å². The Morgan fingerprint density at radius 1 is 0.822 bits per heavy atom. The van der Waals surface area contributed by atoms with Crippen LogP contribution < -0.4 is 10.2 Å². The molecule has 3 aromatic rings. The molecule has 45 heavy (non-hydrogen) atoms. The van der Waals surface area contributed by atoms with E-state index in [0.717, 1.165) is 36.4 Å². The third kappa shape index (κ3) is 6.69. The number of halogens is 13. The van der Waals surface area contributed by atoms with Crippen molar-refractivity contribution in [3.05, 3.63) is 106 Å². The molecule has 0 heterocycles. The van der Waals surface area contributed by atoms with Crippen molar-refractivity contribution in [1.29, 1.82) is 0 Å². The van der Waals surface area contributed by atoms with Crippen LogP contribution in [0.3, 0.4) is 0 Å². The molecule has 0 radical (unpaired) electrons. The fraction of sp³-hybridized carbons (Fsp3) is 0.148. The number of amides is 3. The summed E-state index contributed by atoms with van der Waals surface area (Å²) in [5, 5.41) is 2.01. The van der Waals surface area contributed by atoms with Crippen molar-refractivity contribution in [3.63, 3.8) is 0 Å². The second-order valence-electron chi connectivity index (χ2n) is 8.82. The van der Waals surface area contributed by atoms with Crippen molar-refractivity contribution in [2.75, 3.05) is 10.2 Å². The molecule has 0 unspecified atom stereocenters. The van der Waals surface area contributed by atoms with E-state index in [0.29, 0.717) is 6.07 Å². The molecule has 0 aliphatic rings. The lowest BCUT2D eigenvalue weighted by Crippen LogP contribution is -2.50. The van der Waals surface area contributed by atoms with Crippen molar-refractivity contribution >= 4 is 45.0 Å². The van der Waals surface area contributed by atoms with E-state index in [2.05, 4.69) is 22.5 Å². The summed E-state index contributed by atoms with van der Waals surface area (Å²) in [7, 11) is 0. The molecule has 0 aliphatic carbocycles. The zero-order chi connectivity index (χ0) is 34.3. The second-order valence-corrected chi connectivity index (χ2v) is 9.67. The average Bonchev–Trinajstić information content (AvgIpc) is 2.92. The molecule has 240 valence electrons. The highest BCUT2D eigenvalue weighted by Gasteiger charge is 2.73. The Morgan fingerprint density at radius 3 is 1.87 bits per heavy atom. The highest BCUT2D eigenvalue weighted by molar-refractivity contribution is 9.10. The number of hydrogen-bond acceptors (Lipinski definition) is 3. The molecule has 0 fully saturated rings. The second kappa shape index (κ2) is 12.2. The summed E-state index contributed by atoms with van der Waals surface area (Å²) in [5.41, 5.74) is -15.5. The monoisotopic (exact) mass is 720 g/mol. The molecule has 0 saturated carbocycles. The maximum absolute atomic E-state index is 15.4. The van der Waals surface area contributed by atoms with Gasteiger partial charge in [-0.1, -0.05) is 12.6 Å². The third-order valence-corrected chi connectivity index (χ3v) is 6.56. The topological polar surface area (TPSA) is 66.5 Å². The van der Waals surface area contributed by atoms with Gasteiger partial charge < -0.3 is 5.32 Å². The predicted octanol–water partition coefficient (Wildman–Crippen LogP) is 8.65. The largest absolute Gasteiger partial charge is 0.435 e. The van der Waals surface area contributed by atoms with Gasteiger partial charge >= 0.3 is 24.2 Å².